The highest BCUT2D eigenvalue weighted by atomic mass is 32.2. The van der Waals surface area contributed by atoms with Crippen molar-refractivity contribution in [3.8, 4) is 11.6 Å². The van der Waals surface area contributed by atoms with E-state index in [4.69, 9.17) is 4.42 Å². The van der Waals surface area contributed by atoms with Crippen LogP contribution in [-0.4, -0.2) is 53.0 Å². The van der Waals surface area contributed by atoms with Crippen LogP contribution in [0.25, 0.3) is 11.6 Å². The molecule has 11 heteroatoms. The molecule has 1 aromatic carbocycles. The third-order valence-corrected chi connectivity index (χ3v) is 4.49. The highest BCUT2D eigenvalue weighted by molar-refractivity contribution is 7.99. The maximum atomic E-state index is 12.3. The van der Waals surface area contributed by atoms with Gasteiger partial charge in [-0.25, -0.2) is 9.59 Å². The van der Waals surface area contributed by atoms with Crippen LogP contribution in [-0.2, 0) is 14.3 Å². The Labute approximate surface area is 175 Å². The van der Waals surface area contributed by atoms with Crippen LogP contribution in [0.4, 0.5) is 5.69 Å². The molecule has 0 aliphatic heterocycles. The van der Waals surface area contributed by atoms with Gasteiger partial charge in [-0.1, -0.05) is 17.8 Å². The van der Waals surface area contributed by atoms with Crippen LogP contribution in [0, 0.1) is 0 Å². The zero-order valence-corrected chi connectivity index (χ0v) is 16.8. The summed E-state index contributed by atoms with van der Waals surface area (Å²) in [6, 6.07) is 9.39. The summed E-state index contributed by atoms with van der Waals surface area (Å²) in [5.74, 6) is -1.51. The number of rotatable bonds is 7. The van der Waals surface area contributed by atoms with E-state index in [1.807, 2.05) is 0 Å². The normalized spacial score (nSPS) is 10.3. The zero-order chi connectivity index (χ0) is 21.5. The standard InChI is InChI=1S/C19H16N4O6S/c1-27-17(25)11-7-12(18(26)28-2)9-13(8-11)21-15(24)10-30-19-23-22-16(29-19)14-5-3-4-6-20-14/h3-9H,10H2,1-2H3,(H,21,24). The van der Waals surface area contributed by atoms with Gasteiger partial charge in [0.25, 0.3) is 11.1 Å². The number of carbonyl (C=O) groups is 3. The maximum absolute atomic E-state index is 12.3. The van der Waals surface area contributed by atoms with E-state index < -0.39 is 17.8 Å². The summed E-state index contributed by atoms with van der Waals surface area (Å²) in [5, 5.41) is 10.6. The molecular formula is C19H16N4O6S. The largest absolute Gasteiger partial charge is 0.465 e. The van der Waals surface area contributed by atoms with Gasteiger partial charge in [-0.15, -0.1) is 10.2 Å². The fraction of sp³-hybridized carbons (Fsp3) is 0.158. The fourth-order valence-corrected chi connectivity index (χ4v) is 2.92. The molecule has 0 radical (unpaired) electrons. The number of hydrogen-bond acceptors (Lipinski definition) is 10. The Hall–Kier alpha value is -3.73. The molecule has 154 valence electrons. The van der Waals surface area contributed by atoms with Gasteiger partial charge >= 0.3 is 11.9 Å². The Bertz CT molecular complexity index is 1040. The van der Waals surface area contributed by atoms with Gasteiger partial charge in [-0.05, 0) is 30.3 Å². The number of nitrogens with one attached hydrogen (secondary N) is 1. The molecule has 0 aliphatic carbocycles. The number of aromatic nitrogens is 3. The average Bonchev–Trinajstić information content (AvgIpc) is 3.26. The lowest BCUT2D eigenvalue weighted by Crippen LogP contribution is -2.16. The molecule has 10 nitrogen and oxygen atoms in total. The first-order valence-electron chi connectivity index (χ1n) is 8.49. The van der Waals surface area contributed by atoms with Crippen LogP contribution in [0.2, 0.25) is 0 Å². The van der Waals surface area contributed by atoms with E-state index in [0.717, 1.165) is 11.8 Å². The van der Waals surface area contributed by atoms with E-state index in [-0.39, 0.29) is 33.7 Å². The number of nitrogens with zero attached hydrogens (tertiary/aromatic N) is 3. The molecule has 3 rings (SSSR count). The molecule has 0 aliphatic rings. The topological polar surface area (TPSA) is 134 Å². The molecule has 0 spiro atoms. The molecule has 0 atom stereocenters. The molecule has 1 amide bonds. The van der Waals surface area contributed by atoms with Gasteiger partial charge in [0.05, 0.1) is 31.1 Å². The molecule has 30 heavy (non-hydrogen) atoms. The van der Waals surface area contributed by atoms with Crippen LogP contribution in [0.3, 0.4) is 0 Å². The summed E-state index contributed by atoms with van der Waals surface area (Å²) in [4.78, 5) is 40.1. The van der Waals surface area contributed by atoms with Crippen molar-refractivity contribution in [2.45, 2.75) is 5.22 Å². The number of methoxy groups -OCH3 is 2. The molecule has 0 fully saturated rings. The minimum atomic E-state index is -0.654. The molecule has 2 aromatic heterocycles. The predicted molar refractivity (Wildman–Crippen MR) is 106 cm³/mol. The molecule has 2 heterocycles. The van der Waals surface area contributed by atoms with Gasteiger partial charge < -0.3 is 19.2 Å². The molecular weight excluding hydrogens is 412 g/mol. The molecule has 1 N–H and O–H groups in total. The number of ether oxygens (including phenoxy) is 2. The first kappa shape index (κ1) is 21.0. The minimum absolute atomic E-state index is 0.0418. The minimum Gasteiger partial charge on any atom is -0.465 e. The number of hydrogen-bond donors (Lipinski definition) is 1. The smallest absolute Gasteiger partial charge is 0.337 e. The fourth-order valence-electron chi connectivity index (χ4n) is 2.36. The lowest BCUT2D eigenvalue weighted by Gasteiger charge is -2.09. The number of amides is 1. The number of esters is 2. The van der Waals surface area contributed by atoms with Gasteiger partial charge in [0.15, 0.2) is 0 Å². The van der Waals surface area contributed by atoms with E-state index >= 15 is 0 Å². The number of carbonyl (C=O) groups excluding carboxylic acids is 3. The third kappa shape index (κ3) is 5.20. The van der Waals surface area contributed by atoms with Crippen molar-refractivity contribution in [1.29, 1.82) is 0 Å². The average molecular weight is 428 g/mol. The van der Waals surface area contributed by atoms with E-state index in [0.29, 0.717) is 5.69 Å². The van der Waals surface area contributed by atoms with Gasteiger partial charge in [0, 0.05) is 11.9 Å². The van der Waals surface area contributed by atoms with Gasteiger partial charge in [-0.2, -0.15) is 0 Å². The molecule has 0 saturated heterocycles. The monoisotopic (exact) mass is 428 g/mol. The van der Waals surface area contributed by atoms with Crippen molar-refractivity contribution in [3.63, 3.8) is 0 Å². The third-order valence-electron chi connectivity index (χ3n) is 3.68. The molecule has 0 unspecified atom stereocenters. The van der Waals surface area contributed by atoms with Gasteiger partial charge in [0.2, 0.25) is 5.91 Å². The lowest BCUT2D eigenvalue weighted by atomic mass is 10.1. The number of anilines is 1. The van der Waals surface area contributed by atoms with E-state index in [2.05, 4.69) is 30.0 Å². The number of benzene rings is 1. The first-order chi connectivity index (χ1) is 14.5. The summed E-state index contributed by atoms with van der Waals surface area (Å²) in [6.45, 7) is 0. The summed E-state index contributed by atoms with van der Waals surface area (Å²) in [6.07, 6.45) is 1.60. The van der Waals surface area contributed by atoms with E-state index in [9.17, 15) is 14.4 Å². The van der Waals surface area contributed by atoms with Crippen molar-refractivity contribution in [2.24, 2.45) is 0 Å². The van der Waals surface area contributed by atoms with Crippen molar-refractivity contribution >= 4 is 35.3 Å². The van der Waals surface area contributed by atoms with Gasteiger partial charge in [-0.3, -0.25) is 9.78 Å². The summed E-state index contributed by atoms with van der Waals surface area (Å²) in [7, 11) is 2.43. The highest BCUT2D eigenvalue weighted by Gasteiger charge is 2.16. The van der Waals surface area contributed by atoms with Crippen LogP contribution in [0.5, 0.6) is 0 Å². The lowest BCUT2D eigenvalue weighted by molar-refractivity contribution is -0.113. The summed E-state index contributed by atoms with van der Waals surface area (Å²) < 4.78 is 14.8. The van der Waals surface area contributed by atoms with Crippen molar-refractivity contribution < 1.29 is 28.3 Å². The van der Waals surface area contributed by atoms with E-state index in [1.54, 1.807) is 24.4 Å². The quantitative estimate of drug-likeness (QED) is 0.442. The molecule has 3 aromatic rings. The van der Waals surface area contributed by atoms with Crippen LogP contribution >= 0.6 is 11.8 Å². The first-order valence-corrected chi connectivity index (χ1v) is 9.48. The highest BCUT2D eigenvalue weighted by Crippen LogP contribution is 2.22. The Kier molecular flexibility index (Phi) is 6.75. The van der Waals surface area contributed by atoms with Crippen LogP contribution in [0.15, 0.2) is 52.2 Å². The van der Waals surface area contributed by atoms with Crippen molar-refractivity contribution in [3.05, 3.63) is 53.7 Å². The van der Waals surface area contributed by atoms with Crippen LogP contribution < -0.4 is 5.32 Å². The Balaban J connectivity index is 1.66. The second-order valence-corrected chi connectivity index (χ2v) is 6.63. The van der Waals surface area contributed by atoms with Crippen molar-refractivity contribution in [1.82, 2.24) is 15.2 Å². The second-order valence-electron chi connectivity index (χ2n) is 5.71. The number of pyridine rings is 1. The Morgan fingerprint density at radius 3 is 2.33 bits per heavy atom. The summed E-state index contributed by atoms with van der Waals surface area (Å²) in [5.41, 5.74) is 0.959. The zero-order valence-electron chi connectivity index (χ0n) is 15.9. The molecule has 0 bridgehead atoms. The van der Waals surface area contributed by atoms with E-state index in [1.165, 1.54) is 32.4 Å². The molecule has 0 saturated carbocycles. The van der Waals surface area contributed by atoms with Crippen molar-refractivity contribution in [2.75, 3.05) is 25.3 Å². The van der Waals surface area contributed by atoms with Crippen LogP contribution in [0.1, 0.15) is 20.7 Å². The predicted octanol–water partition coefficient (Wildman–Crippen LogP) is 2.44. The number of thioether (sulfide) groups is 1. The Morgan fingerprint density at radius 1 is 1.03 bits per heavy atom. The Morgan fingerprint density at radius 2 is 1.73 bits per heavy atom. The SMILES string of the molecule is COC(=O)c1cc(NC(=O)CSc2nnc(-c3ccccn3)o2)cc(C(=O)OC)c1. The second kappa shape index (κ2) is 9.65. The maximum Gasteiger partial charge on any atom is 0.337 e. The summed E-state index contributed by atoms with van der Waals surface area (Å²) >= 11 is 1.03. The van der Waals surface area contributed by atoms with Gasteiger partial charge in [0.1, 0.15) is 5.69 Å².